The average molecular weight is 239 g/mol. The van der Waals surface area contributed by atoms with Gasteiger partial charge in [-0.15, -0.1) is 0 Å². The lowest BCUT2D eigenvalue weighted by molar-refractivity contribution is 0.920. The summed E-state index contributed by atoms with van der Waals surface area (Å²) >= 11 is 3.77. The molecule has 2 heteroatoms. The summed E-state index contributed by atoms with van der Waals surface area (Å²) < 4.78 is 0.338. The molecule has 0 spiro atoms. The van der Waals surface area contributed by atoms with Crippen LogP contribution in [0, 0.1) is 0 Å². The molecule has 11 heavy (non-hydrogen) atoms. The van der Waals surface area contributed by atoms with Gasteiger partial charge < -0.3 is 0 Å². The highest BCUT2D eigenvalue weighted by atomic mass is 79.9. The molecule has 0 saturated carbocycles. The number of hydrogen-bond acceptors (Lipinski definition) is 0. The molecule has 68 valence electrons. The third-order valence-electron chi connectivity index (χ3n) is 1.73. The van der Waals surface area contributed by atoms with Crippen LogP contribution in [-0.4, -0.2) is 15.4 Å². The topological polar surface area (TPSA) is 0 Å². The largest absolute Gasteiger partial charge is 0.0845 e. The van der Waals surface area contributed by atoms with E-state index in [1.54, 1.807) is 0 Å². The Bertz CT molecular complexity index is 105. The van der Waals surface area contributed by atoms with Crippen LogP contribution in [-0.2, 0) is 0 Å². The monoisotopic (exact) mass is 238 g/mol. The van der Waals surface area contributed by atoms with Crippen molar-refractivity contribution in [3.05, 3.63) is 0 Å². The van der Waals surface area contributed by atoms with E-state index in [0.717, 1.165) is 11.3 Å². The Kier molecular flexibility index (Phi) is 4.58. The average Bonchev–Trinajstić information content (AvgIpc) is 1.54. The fourth-order valence-electron chi connectivity index (χ4n) is 1.82. The minimum absolute atomic E-state index is 0.0970. The number of alkyl halides is 1. The van der Waals surface area contributed by atoms with Crippen molar-refractivity contribution in [2.24, 2.45) is 0 Å². The summed E-state index contributed by atoms with van der Waals surface area (Å²) in [7, 11) is 0.0970. The molecule has 0 fully saturated rings. The Morgan fingerprint density at radius 3 is 1.27 bits per heavy atom. The van der Waals surface area contributed by atoms with Crippen LogP contribution < -0.4 is 0 Å². The van der Waals surface area contributed by atoms with E-state index >= 15 is 0 Å². The van der Waals surface area contributed by atoms with Crippen LogP contribution >= 0.6 is 23.9 Å². The van der Waals surface area contributed by atoms with Gasteiger partial charge in [0.05, 0.1) is 0 Å². The second-order valence-corrected chi connectivity index (χ2v) is 10.6. The molecule has 0 radical (unpaired) electrons. The molecule has 0 aliphatic heterocycles. The summed E-state index contributed by atoms with van der Waals surface area (Å²) in [4.78, 5) is 0. The fraction of sp³-hybridized carbons (Fsp3) is 1.00. The van der Waals surface area contributed by atoms with Crippen molar-refractivity contribution in [1.82, 2.24) is 0 Å². The maximum Gasteiger partial charge on any atom is 0.0403 e. The van der Waals surface area contributed by atoms with E-state index < -0.39 is 0 Å². The zero-order valence-corrected chi connectivity index (χ0v) is 11.0. The van der Waals surface area contributed by atoms with Crippen molar-refractivity contribution in [2.45, 2.75) is 56.9 Å². The predicted octanol–water partition coefficient (Wildman–Crippen LogP) is 4.42. The second kappa shape index (κ2) is 4.23. The molecule has 0 nitrogen and oxygen atoms in total. The Labute approximate surface area is 81.0 Å². The smallest absolute Gasteiger partial charge is 0.0403 e. The van der Waals surface area contributed by atoms with Crippen molar-refractivity contribution in [3.63, 3.8) is 0 Å². The lowest BCUT2D eigenvalue weighted by atomic mass is 10.5. The Hall–Kier alpha value is 0.910. The molecule has 0 unspecified atom stereocenters. The minimum Gasteiger partial charge on any atom is -0.0845 e. The molecule has 0 N–H and O–H groups in total. The van der Waals surface area contributed by atoms with Crippen molar-refractivity contribution < 1.29 is 0 Å². The first kappa shape index (κ1) is 11.9. The molecule has 0 bridgehead atoms. The summed E-state index contributed by atoms with van der Waals surface area (Å²) in [6, 6.07) is 0. The zero-order valence-electron chi connectivity index (χ0n) is 8.48. The number of hydrogen-bond donors (Lipinski definition) is 0. The Morgan fingerprint density at radius 1 is 1.00 bits per heavy atom. The molecule has 0 aromatic carbocycles. The maximum atomic E-state index is 3.77. The summed E-state index contributed by atoms with van der Waals surface area (Å²) in [5, 5.41) is 0. The van der Waals surface area contributed by atoms with E-state index in [0.29, 0.717) is 4.07 Å². The molecule has 0 aliphatic rings. The van der Waals surface area contributed by atoms with Gasteiger partial charge in [-0.1, -0.05) is 51.5 Å². The highest BCUT2D eigenvalue weighted by Crippen LogP contribution is 2.59. The maximum absolute atomic E-state index is 3.77. The molecule has 0 aromatic heterocycles. The lowest BCUT2D eigenvalue weighted by Crippen LogP contribution is -2.18. The van der Waals surface area contributed by atoms with Gasteiger partial charge in [0.1, 0.15) is 0 Å². The van der Waals surface area contributed by atoms with Gasteiger partial charge >= 0.3 is 0 Å². The van der Waals surface area contributed by atoms with E-state index in [2.05, 4.69) is 57.5 Å². The first-order chi connectivity index (χ1) is 4.76. The van der Waals surface area contributed by atoms with Gasteiger partial charge in [-0.25, -0.2) is 0 Å². The van der Waals surface area contributed by atoms with Crippen LogP contribution in [0.3, 0.4) is 0 Å². The fourth-order valence-corrected chi connectivity index (χ4v) is 7.93. The van der Waals surface area contributed by atoms with Gasteiger partial charge in [-0.2, -0.15) is 0 Å². The summed E-state index contributed by atoms with van der Waals surface area (Å²) in [6.07, 6.45) is 0. The molecule has 0 rings (SSSR count). The van der Waals surface area contributed by atoms with Gasteiger partial charge in [0.15, 0.2) is 0 Å². The highest BCUT2D eigenvalue weighted by Gasteiger charge is 2.30. The van der Waals surface area contributed by atoms with Crippen LogP contribution in [0.4, 0.5) is 0 Å². The molecular formula is C9H20BrP. The van der Waals surface area contributed by atoms with Gasteiger partial charge in [0.25, 0.3) is 0 Å². The zero-order chi connectivity index (χ0) is 9.23. The van der Waals surface area contributed by atoms with Crippen molar-refractivity contribution in [2.75, 3.05) is 0 Å². The Balaban J connectivity index is 4.35. The highest BCUT2D eigenvalue weighted by molar-refractivity contribution is 9.11. The predicted molar refractivity (Wildman–Crippen MR) is 60.2 cm³/mol. The van der Waals surface area contributed by atoms with E-state index in [9.17, 15) is 0 Å². The lowest BCUT2D eigenvalue weighted by Gasteiger charge is -2.36. The molecule has 0 atom stereocenters. The SMILES string of the molecule is CC(C)P(C(C)C)C(C)(C)Br. The first-order valence-corrected chi connectivity index (χ1v) is 6.51. The van der Waals surface area contributed by atoms with Crippen molar-refractivity contribution in [3.8, 4) is 0 Å². The normalized spacial score (nSPS) is 13.6. The second-order valence-electron chi connectivity index (χ2n) is 4.00. The summed E-state index contributed by atoms with van der Waals surface area (Å²) in [5.41, 5.74) is 1.64. The Morgan fingerprint density at radius 2 is 1.27 bits per heavy atom. The van der Waals surface area contributed by atoms with Gasteiger partial charge in [-0.05, 0) is 25.2 Å². The van der Waals surface area contributed by atoms with E-state index in [1.807, 2.05) is 0 Å². The quantitative estimate of drug-likeness (QED) is 0.505. The first-order valence-electron chi connectivity index (χ1n) is 4.24. The van der Waals surface area contributed by atoms with Crippen LogP contribution in [0.1, 0.15) is 41.5 Å². The van der Waals surface area contributed by atoms with Crippen molar-refractivity contribution in [1.29, 1.82) is 0 Å². The van der Waals surface area contributed by atoms with Gasteiger partial charge in [-0.3, -0.25) is 0 Å². The molecule has 0 aliphatic carbocycles. The number of halogens is 1. The summed E-state index contributed by atoms with van der Waals surface area (Å²) in [6.45, 7) is 13.9. The standard InChI is InChI=1S/C9H20BrP/c1-7(2)11(8(3)4)9(5,6)10/h7-8H,1-6H3. The summed E-state index contributed by atoms with van der Waals surface area (Å²) in [5.74, 6) is 0. The van der Waals surface area contributed by atoms with E-state index in [1.165, 1.54) is 0 Å². The third-order valence-corrected chi connectivity index (χ3v) is 6.41. The minimum atomic E-state index is 0.0970. The van der Waals surface area contributed by atoms with Crippen molar-refractivity contribution >= 4 is 23.9 Å². The molecule has 0 saturated heterocycles. The van der Waals surface area contributed by atoms with Gasteiger partial charge in [0.2, 0.25) is 0 Å². The van der Waals surface area contributed by atoms with Crippen LogP contribution in [0.25, 0.3) is 0 Å². The molecular weight excluding hydrogens is 219 g/mol. The third kappa shape index (κ3) is 3.90. The van der Waals surface area contributed by atoms with Crippen LogP contribution in [0.15, 0.2) is 0 Å². The number of rotatable bonds is 3. The molecule has 0 amide bonds. The molecule has 0 aromatic rings. The van der Waals surface area contributed by atoms with E-state index in [4.69, 9.17) is 0 Å². The van der Waals surface area contributed by atoms with Gasteiger partial charge in [0, 0.05) is 4.07 Å². The van der Waals surface area contributed by atoms with Crippen LogP contribution in [0.5, 0.6) is 0 Å². The van der Waals surface area contributed by atoms with Crippen LogP contribution in [0.2, 0.25) is 0 Å². The van der Waals surface area contributed by atoms with E-state index in [-0.39, 0.29) is 7.92 Å². The molecule has 0 heterocycles.